The Kier molecular flexibility index (Phi) is 8.30. The molecular formula is C24H23N3O4S. The first kappa shape index (κ1) is 22.9. The summed E-state index contributed by atoms with van der Waals surface area (Å²) in [5.74, 6) is -0.227. The normalized spacial score (nSPS) is 10.2. The molecule has 0 heterocycles. The van der Waals surface area contributed by atoms with Gasteiger partial charge in [0.1, 0.15) is 12.4 Å². The molecule has 7 nitrogen and oxygen atoms in total. The standard InChI is InChI=1S/C24H23N3O4S/c1-30-14-15-31-21-13-6-5-12-20(21)23(29)27-24(32)26-19-11-7-8-17(16-19)22(28)25-18-9-3-2-4-10-18/h2-13,16H,14-15H2,1H3,(H,25,28)(H2,26,27,29,32). The highest BCUT2D eigenvalue weighted by molar-refractivity contribution is 7.80. The van der Waals surface area contributed by atoms with Crippen molar-refractivity contribution in [3.8, 4) is 5.75 Å². The van der Waals surface area contributed by atoms with E-state index in [1.54, 1.807) is 55.6 Å². The van der Waals surface area contributed by atoms with E-state index in [0.29, 0.717) is 41.5 Å². The van der Waals surface area contributed by atoms with Gasteiger partial charge in [0.25, 0.3) is 11.8 Å². The predicted octanol–water partition coefficient (Wildman–Crippen LogP) is 4.09. The van der Waals surface area contributed by atoms with Crippen molar-refractivity contribution in [2.24, 2.45) is 0 Å². The highest BCUT2D eigenvalue weighted by Gasteiger charge is 2.14. The van der Waals surface area contributed by atoms with Crippen molar-refractivity contribution in [2.45, 2.75) is 0 Å². The molecule has 0 aliphatic rings. The molecule has 3 aromatic carbocycles. The zero-order valence-electron chi connectivity index (χ0n) is 17.5. The number of methoxy groups -OCH3 is 1. The van der Waals surface area contributed by atoms with E-state index < -0.39 is 5.91 Å². The summed E-state index contributed by atoms with van der Waals surface area (Å²) < 4.78 is 10.6. The molecule has 0 spiro atoms. The van der Waals surface area contributed by atoms with E-state index in [-0.39, 0.29) is 11.0 Å². The molecule has 0 aliphatic heterocycles. The van der Waals surface area contributed by atoms with Crippen LogP contribution in [-0.2, 0) is 4.74 Å². The van der Waals surface area contributed by atoms with Crippen molar-refractivity contribution in [3.63, 3.8) is 0 Å². The van der Waals surface area contributed by atoms with Crippen molar-refractivity contribution in [2.75, 3.05) is 31.0 Å². The Morgan fingerprint density at radius 3 is 2.31 bits per heavy atom. The number of rotatable bonds is 8. The molecule has 0 fully saturated rings. The van der Waals surface area contributed by atoms with Gasteiger partial charge >= 0.3 is 0 Å². The van der Waals surface area contributed by atoms with Gasteiger partial charge in [-0.25, -0.2) is 0 Å². The van der Waals surface area contributed by atoms with Crippen LogP contribution in [0.4, 0.5) is 11.4 Å². The van der Waals surface area contributed by atoms with Gasteiger partial charge in [0, 0.05) is 24.0 Å². The first-order valence-corrected chi connectivity index (χ1v) is 10.3. The maximum Gasteiger partial charge on any atom is 0.261 e. The Labute approximate surface area is 191 Å². The highest BCUT2D eigenvalue weighted by atomic mass is 32.1. The molecule has 3 aromatic rings. The molecule has 3 rings (SSSR count). The molecule has 32 heavy (non-hydrogen) atoms. The average Bonchev–Trinajstić information content (AvgIpc) is 2.80. The second-order valence-corrected chi connectivity index (χ2v) is 7.05. The summed E-state index contributed by atoms with van der Waals surface area (Å²) in [4.78, 5) is 25.2. The Morgan fingerprint density at radius 1 is 0.812 bits per heavy atom. The summed E-state index contributed by atoms with van der Waals surface area (Å²) in [6.07, 6.45) is 0. The summed E-state index contributed by atoms with van der Waals surface area (Å²) in [6, 6.07) is 22.9. The van der Waals surface area contributed by atoms with E-state index in [9.17, 15) is 9.59 Å². The molecule has 0 unspecified atom stereocenters. The van der Waals surface area contributed by atoms with Gasteiger partial charge in [-0.05, 0) is 54.7 Å². The number of nitrogens with one attached hydrogen (secondary N) is 3. The average molecular weight is 450 g/mol. The van der Waals surface area contributed by atoms with Gasteiger partial charge < -0.3 is 20.1 Å². The van der Waals surface area contributed by atoms with Gasteiger partial charge in [0.05, 0.1) is 12.2 Å². The van der Waals surface area contributed by atoms with Gasteiger partial charge in [-0.15, -0.1) is 0 Å². The first-order valence-electron chi connectivity index (χ1n) is 9.86. The quantitative estimate of drug-likeness (QED) is 0.355. The van der Waals surface area contributed by atoms with Crippen molar-refractivity contribution < 1.29 is 19.1 Å². The van der Waals surface area contributed by atoms with Gasteiger partial charge in [-0.1, -0.05) is 36.4 Å². The molecule has 8 heteroatoms. The third-order valence-electron chi connectivity index (χ3n) is 4.32. The van der Waals surface area contributed by atoms with Gasteiger partial charge in [-0.2, -0.15) is 0 Å². The molecule has 0 aliphatic carbocycles. The number of ether oxygens (including phenoxy) is 2. The number of hydrogen-bond donors (Lipinski definition) is 3. The SMILES string of the molecule is COCCOc1ccccc1C(=O)NC(=S)Nc1cccc(C(=O)Nc2ccccc2)c1. The van der Waals surface area contributed by atoms with Crippen molar-refractivity contribution in [1.29, 1.82) is 0 Å². The van der Waals surface area contributed by atoms with Crippen LogP contribution in [-0.4, -0.2) is 37.3 Å². The molecule has 164 valence electrons. The third kappa shape index (κ3) is 6.63. The highest BCUT2D eigenvalue weighted by Crippen LogP contribution is 2.18. The lowest BCUT2D eigenvalue weighted by Gasteiger charge is -2.13. The van der Waals surface area contributed by atoms with Gasteiger partial charge in [-0.3, -0.25) is 14.9 Å². The van der Waals surface area contributed by atoms with E-state index in [0.717, 1.165) is 0 Å². The topological polar surface area (TPSA) is 88.7 Å². The van der Waals surface area contributed by atoms with Crippen LogP contribution < -0.4 is 20.7 Å². The fraction of sp³-hybridized carbons (Fsp3) is 0.125. The molecule has 0 saturated heterocycles. The number of anilines is 2. The largest absolute Gasteiger partial charge is 0.490 e. The maximum absolute atomic E-state index is 12.7. The number of thiocarbonyl (C=S) groups is 1. The number of carbonyl (C=O) groups excluding carboxylic acids is 2. The van der Waals surface area contributed by atoms with Crippen LogP contribution in [0.5, 0.6) is 5.75 Å². The van der Waals surface area contributed by atoms with E-state index in [1.807, 2.05) is 30.3 Å². The summed E-state index contributed by atoms with van der Waals surface area (Å²) >= 11 is 5.27. The number of para-hydroxylation sites is 2. The van der Waals surface area contributed by atoms with E-state index in [4.69, 9.17) is 21.7 Å². The fourth-order valence-corrected chi connectivity index (χ4v) is 3.02. The first-order chi connectivity index (χ1) is 15.6. The van der Waals surface area contributed by atoms with Crippen LogP contribution in [0.25, 0.3) is 0 Å². The summed E-state index contributed by atoms with van der Waals surface area (Å²) in [5.41, 5.74) is 2.07. The van der Waals surface area contributed by atoms with Crippen LogP contribution in [0, 0.1) is 0 Å². The molecular weight excluding hydrogens is 426 g/mol. The molecule has 0 aromatic heterocycles. The molecule has 0 bridgehead atoms. The second kappa shape index (κ2) is 11.6. The number of hydrogen-bond acceptors (Lipinski definition) is 5. The van der Waals surface area contributed by atoms with E-state index in [1.165, 1.54) is 0 Å². The summed E-state index contributed by atoms with van der Waals surface area (Å²) in [7, 11) is 1.58. The molecule has 2 amide bonds. The van der Waals surface area contributed by atoms with Crippen LogP contribution in [0.15, 0.2) is 78.9 Å². The molecule has 3 N–H and O–H groups in total. The van der Waals surface area contributed by atoms with Crippen molar-refractivity contribution in [3.05, 3.63) is 90.0 Å². The van der Waals surface area contributed by atoms with E-state index in [2.05, 4.69) is 16.0 Å². The molecule has 0 atom stereocenters. The second-order valence-electron chi connectivity index (χ2n) is 6.65. The Hall–Kier alpha value is -3.75. The van der Waals surface area contributed by atoms with Crippen molar-refractivity contribution in [1.82, 2.24) is 5.32 Å². The Morgan fingerprint density at radius 2 is 1.53 bits per heavy atom. The minimum absolute atomic E-state index is 0.0994. The lowest BCUT2D eigenvalue weighted by Crippen LogP contribution is -2.34. The minimum atomic E-state index is -0.409. The fourth-order valence-electron chi connectivity index (χ4n) is 2.81. The van der Waals surface area contributed by atoms with Crippen LogP contribution in [0.3, 0.4) is 0 Å². The van der Waals surface area contributed by atoms with Gasteiger partial charge in [0.15, 0.2) is 5.11 Å². The molecule has 0 radical (unpaired) electrons. The smallest absolute Gasteiger partial charge is 0.261 e. The number of benzene rings is 3. The summed E-state index contributed by atoms with van der Waals surface area (Å²) in [5, 5.41) is 8.49. The lowest BCUT2D eigenvalue weighted by molar-refractivity contribution is 0.0968. The van der Waals surface area contributed by atoms with Gasteiger partial charge in [0.2, 0.25) is 0 Å². The van der Waals surface area contributed by atoms with Crippen LogP contribution in [0.2, 0.25) is 0 Å². The van der Waals surface area contributed by atoms with Crippen molar-refractivity contribution >= 4 is 40.5 Å². The predicted molar refractivity (Wildman–Crippen MR) is 128 cm³/mol. The zero-order chi connectivity index (χ0) is 22.8. The number of carbonyl (C=O) groups is 2. The maximum atomic E-state index is 12.7. The summed E-state index contributed by atoms with van der Waals surface area (Å²) in [6.45, 7) is 0.728. The third-order valence-corrected chi connectivity index (χ3v) is 4.52. The van der Waals surface area contributed by atoms with Crippen LogP contribution in [0.1, 0.15) is 20.7 Å². The Bertz CT molecular complexity index is 1090. The van der Waals surface area contributed by atoms with Crippen LogP contribution >= 0.6 is 12.2 Å². The number of amides is 2. The zero-order valence-corrected chi connectivity index (χ0v) is 18.3. The molecule has 0 saturated carbocycles. The van der Waals surface area contributed by atoms with E-state index >= 15 is 0 Å². The Balaban J connectivity index is 1.61. The lowest BCUT2D eigenvalue weighted by atomic mass is 10.2. The minimum Gasteiger partial charge on any atom is -0.490 e. The monoisotopic (exact) mass is 449 g/mol.